The van der Waals surface area contributed by atoms with Crippen molar-refractivity contribution in [3.05, 3.63) is 17.4 Å². The van der Waals surface area contributed by atoms with Gasteiger partial charge in [-0.05, 0) is 13.8 Å². The molecule has 0 aliphatic rings. The van der Waals surface area contributed by atoms with Gasteiger partial charge in [-0.2, -0.15) is 9.71 Å². The maximum atomic E-state index is 9.11. The molecule has 2 N–H and O–H groups in total. The van der Waals surface area contributed by atoms with E-state index in [2.05, 4.69) is 4.98 Å². The molecular formula is C7H11N3O2. The lowest BCUT2D eigenvalue weighted by molar-refractivity contribution is 0.155. The van der Waals surface area contributed by atoms with E-state index >= 15 is 0 Å². The summed E-state index contributed by atoms with van der Waals surface area (Å²) in [5.74, 6) is 0.366. The molecule has 1 rings (SSSR count). The average Bonchev–Trinajstić information content (AvgIpc) is 2.01. The van der Waals surface area contributed by atoms with Gasteiger partial charge in [-0.3, -0.25) is 5.41 Å². The van der Waals surface area contributed by atoms with Crippen molar-refractivity contribution in [1.29, 1.82) is 5.41 Å². The Labute approximate surface area is 69.7 Å². The quantitative estimate of drug-likeness (QED) is 0.626. The fourth-order valence-electron chi connectivity index (χ4n) is 0.813. The SMILES string of the molecule is CCOc1cc(C)n(O)c(=N)n1. The topological polar surface area (TPSA) is 71.1 Å². The fourth-order valence-corrected chi connectivity index (χ4v) is 0.813. The Morgan fingerprint density at radius 3 is 2.92 bits per heavy atom. The van der Waals surface area contributed by atoms with Gasteiger partial charge in [0.1, 0.15) is 0 Å². The third-order valence-corrected chi connectivity index (χ3v) is 1.38. The van der Waals surface area contributed by atoms with Crippen LogP contribution >= 0.6 is 0 Å². The molecule has 0 fully saturated rings. The van der Waals surface area contributed by atoms with Crippen LogP contribution in [0.3, 0.4) is 0 Å². The van der Waals surface area contributed by atoms with Gasteiger partial charge in [-0.25, -0.2) is 0 Å². The molecule has 1 aromatic heterocycles. The zero-order valence-electron chi connectivity index (χ0n) is 7.03. The molecule has 0 radical (unpaired) electrons. The normalized spacial score (nSPS) is 9.83. The van der Waals surface area contributed by atoms with Gasteiger partial charge < -0.3 is 9.94 Å². The Morgan fingerprint density at radius 1 is 1.75 bits per heavy atom. The number of nitrogens with zero attached hydrogens (tertiary/aromatic N) is 2. The Kier molecular flexibility index (Phi) is 2.32. The molecule has 0 unspecified atom stereocenters. The van der Waals surface area contributed by atoms with Crippen LogP contribution in [-0.2, 0) is 0 Å². The lowest BCUT2D eigenvalue weighted by atomic mass is 10.4. The smallest absolute Gasteiger partial charge is 0.258 e. The minimum atomic E-state index is -0.224. The average molecular weight is 169 g/mol. The fraction of sp³-hybridized carbons (Fsp3) is 0.429. The van der Waals surface area contributed by atoms with E-state index in [4.69, 9.17) is 15.4 Å². The molecule has 0 aromatic carbocycles. The summed E-state index contributed by atoms with van der Waals surface area (Å²) >= 11 is 0. The van der Waals surface area contributed by atoms with E-state index in [0.717, 1.165) is 0 Å². The Morgan fingerprint density at radius 2 is 2.42 bits per heavy atom. The van der Waals surface area contributed by atoms with Crippen LogP contribution in [-0.4, -0.2) is 21.5 Å². The first-order valence-corrected chi connectivity index (χ1v) is 3.62. The number of ether oxygens (including phenoxy) is 1. The molecule has 0 saturated carbocycles. The van der Waals surface area contributed by atoms with Gasteiger partial charge in [0.15, 0.2) is 0 Å². The van der Waals surface area contributed by atoms with Crippen LogP contribution in [0.15, 0.2) is 6.07 Å². The third kappa shape index (κ3) is 1.55. The highest BCUT2D eigenvalue weighted by Crippen LogP contribution is 2.04. The molecule has 0 aliphatic heterocycles. The standard InChI is InChI=1S/C7H11N3O2/c1-3-12-6-4-5(2)10(11)7(8)9-6/h4,8,11H,3H2,1-2H3. The van der Waals surface area contributed by atoms with Crippen LogP contribution in [0.1, 0.15) is 12.6 Å². The highest BCUT2D eigenvalue weighted by Gasteiger charge is 2.00. The molecule has 0 spiro atoms. The van der Waals surface area contributed by atoms with E-state index in [1.54, 1.807) is 13.0 Å². The lowest BCUT2D eigenvalue weighted by Crippen LogP contribution is -2.23. The Balaban J connectivity index is 3.13. The number of aromatic nitrogens is 2. The molecule has 0 aliphatic carbocycles. The molecule has 12 heavy (non-hydrogen) atoms. The van der Waals surface area contributed by atoms with Crippen molar-refractivity contribution in [3.63, 3.8) is 0 Å². The summed E-state index contributed by atoms with van der Waals surface area (Å²) < 4.78 is 5.76. The third-order valence-electron chi connectivity index (χ3n) is 1.38. The molecule has 1 aromatic rings. The zero-order chi connectivity index (χ0) is 9.14. The van der Waals surface area contributed by atoms with Gasteiger partial charge >= 0.3 is 0 Å². The van der Waals surface area contributed by atoms with Gasteiger partial charge in [0.05, 0.1) is 12.3 Å². The van der Waals surface area contributed by atoms with Crippen LogP contribution in [0.2, 0.25) is 0 Å². The number of rotatable bonds is 2. The number of hydrogen-bond acceptors (Lipinski definition) is 4. The summed E-state index contributed by atoms with van der Waals surface area (Å²) in [5.41, 5.74) is 0.303. The molecular weight excluding hydrogens is 158 g/mol. The maximum Gasteiger partial charge on any atom is 0.258 e. The van der Waals surface area contributed by atoms with E-state index in [1.165, 1.54) is 0 Å². The molecule has 0 bridgehead atoms. The van der Waals surface area contributed by atoms with E-state index in [1.807, 2.05) is 6.92 Å². The molecule has 66 valence electrons. The van der Waals surface area contributed by atoms with Crippen LogP contribution in [0, 0.1) is 12.3 Å². The zero-order valence-corrected chi connectivity index (χ0v) is 7.03. The van der Waals surface area contributed by atoms with Crippen molar-refractivity contribution >= 4 is 0 Å². The van der Waals surface area contributed by atoms with Crippen molar-refractivity contribution in [2.75, 3.05) is 6.61 Å². The molecule has 0 saturated heterocycles. The highest BCUT2D eigenvalue weighted by molar-refractivity contribution is 5.12. The van der Waals surface area contributed by atoms with E-state index in [0.29, 0.717) is 22.9 Å². The minimum Gasteiger partial charge on any atom is -0.478 e. The highest BCUT2D eigenvalue weighted by atomic mass is 16.5. The predicted molar refractivity (Wildman–Crippen MR) is 41.2 cm³/mol. The molecule has 0 atom stereocenters. The summed E-state index contributed by atoms with van der Waals surface area (Å²) in [5, 5.41) is 16.3. The first-order valence-electron chi connectivity index (χ1n) is 3.62. The monoisotopic (exact) mass is 169 g/mol. The summed E-state index contributed by atoms with van der Waals surface area (Å²) in [6.45, 7) is 4.00. The van der Waals surface area contributed by atoms with Crippen LogP contribution < -0.4 is 10.4 Å². The Hall–Kier alpha value is -1.52. The minimum absolute atomic E-state index is 0.224. The Bertz CT molecular complexity index is 332. The van der Waals surface area contributed by atoms with Gasteiger partial charge in [-0.1, -0.05) is 0 Å². The largest absolute Gasteiger partial charge is 0.478 e. The molecule has 5 heteroatoms. The van der Waals surface area contributed by atoms with Crippen molar-refractivity contribution in [2.24, 2.45) is 0 Å². The van der Waals surface area contributed by atoms with Crippen LogP contribution in [0.5, 0.6) is 5.88 Å². The second kappa shape index (κ2) is 3.25. The second-order valence-electron chi connectivity index (χ2n) is 2.30. The first kappa shape index (κ1) is 8.58. The lowest BCUT2D eigenvalue weighted by Gasteiger charge is -2.05. The summed E-state index contributed by atoms with van der Waals surface area (Å²) in [4.78, 5) is 3.68. The summed E-state index contributed by atoms with van der Waals surface area (Å²) in [7, 11) is 0. The first-order chi connectivity index (χ1) is 5.65. The van der Waals surface area contributed by atoms with E-state index < -0.39 is 0 Å². The number of hydrogen-bond donors (Lipinski definition) is 2. The van der Waals surface area contributed by atoms with Crippen LogP contribution in [0.4, 0.5) is 0 Å². The van der Waals surface area contributed by atoms with Crippen molar-refractivity contribution < 1.29 is 9.94 Å². The molecule has 5 nitrogen and oxygen atoms in total. The van der Waals surface area contributed by atoms with Crippen molar-refractivity contribution in [3.8, 4) is 5.88 Å². The second-order valence-corrected chi connectivity index (χ2v) is 2.30. The van der Waals surface area contributed by atoms with Gasteiger partial charge in [0.2, 0.25) is 5.88 Å². The van der Waals surface area contributed by atoms with Gasteiger partial charge in [-0.15, -0.1) is 0 Å². The predicted octanol–water partition coefficient (Wildman–Crippen LogP) is 0.307. The van der Waals surface area contributed by atoms with E-state index in [9.17, 15) is 0 Å². The molecule has 0 amide bonds. The number of aryl methyl sites for hydroxylation is 1. The van der Waals surface area contributed by atoms with E-state index in [-0.39, 0.29) is 5.62 Å². The van der Waals surface area contributed by atoms with Crippen molar-refractivity contribution in [2.45, 2.75) is 13.8 Å². The summed E-state index contributed by atoms with van der Waals surface area (Å²) in [6, 6.07) is 1.57. The summed E-state index contributed by atoms with van der Waals surface area (Å²) in [6.07, 6.45) is 0. The maximum absolute atomic E-state index is 9.11. The number of nitrogens with one attached hydrogen (secondary N) is 1. The van der Waals surface area contributed by atoms with Crippen molar-refractivity contribution in [1.82, 2.24) is 9.71 Å². The van der Waals surface area contributed by atoms with Crippen LogP contribution in [0.25, 0.3) is 0 Å². The van der Waals surface area contributed by atoms with Gasteiger partial charge in [0.25, 0.3) is 5.62 Å². The van der Waals surface area contributed by atoms with Gasteiger partial charge in [0, 0.05) is 6.07 Å². The molecule has 1 heterocycles.